The standard InChI is InChI=1S/C31H33BrCl3F2N3O3/c1-17-25(20-14-19(32)7-10-23(20)39-28(17)40-13-5-12-31(36,37)16-40)29(42)38-15-18(6-11-24(41)43-30(2,3)4)26-21(33)8-9-22(34)27(26)35/h7-10,14,18H,5-6,11-13,15-16H2,1-4H3,(H,38,42). The summed E-state index contributed by atoms with van der Waals surface area (Å²) in [6, 6.07) is 8.51. The van der Waals surface area contributed by atoms with Crippen molar-refractivity contribution >= 4 is 79.3 Å². The maximum absolute atomic E-state index is 14.4. The fourth-order valence-corrected chi connectivity index (χ4v) is 6.52. The van der Waals surface area contributed by atoms with Crippen LogP contribution in [-0.2, 0) is 9.53 Å². The van der Waals surface area contributed by atoms with E-state index < -0.39 is 35.9 Å². The summed E-state index contributed by atoms with van der Waals surface area (Å²) < 4.78 is 34.9. The molecular formula is C31H33BrCl3F2N3O3. The highest BCUT2D eigenvalue weighted by molar-refractivity contribution is 9.10. The predicted octanol–water partition coefficient (Wildman–Crippen LogP) is 9.14. The summed E-state index contributed by atoms with van der Waals surface area (Å²) in [4.78, 5) is 32.8. The molecule has 1 atom stereocenters. The van der Waals surface area contributed by atoms with Crippen LogP contribution in [0.25, 0.3) is 10.9 Å². The molecule has 4 rings (SSSR count). The quantitative estimate of drug-likeness (QED) is 0.186. The second kappa shape index (κ2) is 13.4. The third kappa shape index (κ3) is 8.29. The largest absolute Gasteiger partial charge is 0.460 e. The van der Waals surface area contributed by atoms with Crippen molar-refractivity contribution in [3.05, 3.63) is 66.6 Å². The van der Waals surface area contributed by atoms with E-state index in [2.05, 4.69) is 21.2 Å². The minimum Gasteiger partial charge on any atom is -0.460 e. The van der Waals surface area contributed by atoms with E-state index in [-0.39, 0.29) is 30.8 Å². The third-order valence-corrected chi connectivity index (χ3v) is 8.84. The molecule has 2 heterocycles. The number of alkyl halides is 2. The zero-order valence-corrected chi connectivity index (χ0v) is 28.2. The Morgan fingerprint density at radius 1 is 1.16 bits per heavy atom. The van der Waals surface area contributed by atoms with E-state index in [0.717, 1.165) is 4.47 Å². The number of esters is 1. The Balaban J connectivity index is 1.69. The van der Waals surface area contributed by atoms with E-state index >= 15 is 0 Å². The second-order valence-corrected chi connectivity index (χ2v) is 13.9. The predicted molar refractivity (Wildman–Crippen MR) is 172 cm³/mol. The molecule has 1 aliphatic rings. The number of pyridine rings is 1. The number of anilines is 1. The number of carbonyl (C=O) groups is 2. The Kier molecular flexibility index (Phi) is 10.5. The normalized spacial score (nSPS) is 15.8. The number of fused-ring (bicyclic) bond motifs is 1. The molecule has 0 bridgehead atoms. The number of rotatable bonds is 8. The minimum absolute atomic E-state index is 0.0501. The molecule has 0 radical (unpaired) electrons. The molecule has 1 amide bonds. The third-order valence-electron chi connectivity index (χ3n) is 7.20. The summed E-state index contributed by atoms with van der Waals surface area (Å²) in [6.07, 6.45) is 0.448. The highest BCUT2D eigenvalue weighted by Gasteiger charge is 2.37. The number of ether oxygens (including phenoxy) is 1. The molecule has 2 aromatic carbocycles. The van der Waals surface area contributed by atoms with Crippen LogP contribution < -0.4 is 10.2 Å². The van der Waals surface area contributed by atoms with E-state index in [4.69, 9.17) is 44.5 Å². The van der Waals surface area contributed by atoms with Gasteiger partial charge >= 0.3 is 5.97 Å². The van der Waals surface area contributed by atoms with Gasteiger partial charge in [-0.3, -0.25) is 9.59 Å². The van der Waals surface area contributed by atoms with Gasteiger partial charge in [-0.25, -0.2) is 13.8 Å². The second-order valence-electron chi connectivity index (χ2n) is 11.8. The van der Waals surface area contributed by atoms with Crippen LogP contribution in [0.3, 0.4) is 0 Å². The molecule has 1 unspecified atom stereocenters. The van der Waals surface area contributed by atoms with Crippen LogP contribution >= 0.6 is 50.7 Å². The lowest BCUT2D eigenvalue weighted by Crippen LogP contribution is -2.43. The van der Waals surface area contributed by atoms with Crippen molar-refractivity contribution in [3.8, 4) is 0 Å². The van der Waals surface area contributed by atoms with Crippen molar-refractivity contribution in [2.75, 3.05) is 24.5 Å². The summed E-state index contributed by atoms with van der Waals surface area (Å²) in [5.41, 5.74) is 1.17. The van der Waals surface area contributed by atoms with Crippen LogP contribution in [0, 0.1) is 6.92 Å². The van der Waals surface area contributed by atoms with Gasteiger partial charge in [0.2, 0.25) is 0 Å². The topological polar surface area (TPSA) is 71.5 Å². The van der Waals surface area contributed by atoms with Gasteiger partial charge in [0.25, 0.3) is 11.8 Å². The number of hydrogen-bond donors (Lipinski definition) is 1. The van der Waals surface area contributed by atoms with Crippen LogP contribution in [0.5, 0.6) is 0 Å². The Hall–Kier alpha value is -2.20. The van der Waals surface area contributed by atoms with E-state index in [9.17, 15) is 18.4 Å². The van der Waals surface area contributed by atoms with Crippen molar-refractivity contribution in [1.29, 1.82) is 0 Å². The average molecular weight is 720 g/mol. The number of carbonyl (C=O) groups excluding carboxylic acids is 2. The van der Waals surface area contributed by atoms with Crippen molar-refractivity contribution in [3.63, 3.8) is 0 Å². The molecule has 1 saturated heterocycles. The van der Waals surface area contributed by atoms with Gasteiger partial charge in [-0.1, -0.05) is 50.7 Å². The number of benzene rings is 2. The van der Waals surface area contributed by atoms with Gasteiger partial charge < -0.3 is 15.0 Å². The number of aromatic nitrogens is 1. The lowest BCUT2D eigenvalue weighted by atomic mass is 9.93. The molecule has 6 nitrogen and oxygen atoms in total. The van der Waals surface area contributed by atoms with Gasteiger partial charge in [0.1, 0.15) is 11.4 Å². The van der Waals surface area contributed by atoms with Crippen LogP contribution in [0.4, 0.5) is 14.6 Å². The number of amides is 1. The molecule has 1 aromatic heterocycles. The van der Waals surface area contributed by atoms with Crippen molar-refractivity contribution < 1.29 is 23.1 Å². The molecule has 232 valence electrons. The number of nitrogens with zero attached hydrogens (tertiary/aromatic N) is 2. The van der Waals surface area contributed by atoms with Gasteiger partial charge in [-0.05, 0) is 76.4 Å². The van der Waals surface area contributed by atoms with Gasteiger partial charge in [0.15, 0.2) is 0 Å². The minimum atomic E-state index is -2.85. The lowest BCUT2D eigenvalue weighted by Gasteiger charge is -2.34. The molecule has 0 spiro atoms. The molecule has 43 heavy (non-hydrogen) atoms. The number of nitrogens with one attached hydrogen (secondary N) is 1. The smallest absolute Gasteiger partial charge is 0.306 e. The highest BCUT2D eigenvalue weighted by Crippen LogP contribution is 2.39. The fourth-order valence-electron chi connectivity index (χ4n) is 5.32. The van der Waals surface area contributed by atoms with Crippen molar-refractivity contribution in [1.82, 2.24) is 10.3 Å². The maximum atomic E-state index is 14.4. The van der Waals surface area contributed by atoms with Crippen molar-refractivity contribution in [2.45, 2.75) is 70.8 Å². The summed E-state index contributed by atoms with van der Waals surface area (Å²) in [6.45, 7) is 7.07. The van der Waals surface area contributed by atoms with Crippen LogP contribution in [0.2, 0.25) is 15.1 Å². The average Bonchev–Trinajstić information content (AvgIpc) is 2.90. The Bertz CT molecular complexity index is 1550. The summed E-state index contributed by atoms with van der Waals surface area (Å²) >= 11 is 22.9. The Morgan fingerprint density at radius 2 is 1.86 bits per heavy atom. The Labute approximate surface area is 273 Å². The summed E-state index contributed by atoms with van der Waals surface area (Å²) in [5, 5.41) is 4.43. The number of halogens is 6. The SMILES string of the molecule is Cc1c(N2CCCC(F)(F)C2)nc2ccc(Br)cc2c1C(=O)NCC(CCC(=O)OC(C)(C)C)c1c(Cl)ccc(Cl)c1Cl. The molecule has 0 saturated carbocycles. The maximum Gasteiger partial charge on any atom is 0.306 e. The van der Waals surface area contributed by atoms with Crippen LogP contribution in [0.15, 0.2) is 34.8 Å². The molecule has 1 aliphatic heterocycles. The van der Waals surface area contributed by atoms with Crippen molar-refractivity contribution in [2.24, 2.45) is 0 Å². The van der Waals surface area contributed by atoms with E-state index in [1.165, 1.54) is 0 Å². The molecule has 0 aliphatic carbocycles. The number of piperidine rings is 1. The van der Waals surface area contributed by atoms with Gasteiger partial charge in [-0.15, -0.1) is 0 Å². The molecule has 1 N–H and O–H groups in total. The van der Waals surface area contributed by atoms with Crippen LogP contribution in [0.1, 0.15) is 73.9 Å². The first-order valence-corrected chi connectivity index (χ1v) is 15.8. The van der Waals surface area contributed by atoms with Gasteiger partial charge in [0, 0.05) is 52.3 Å². The first kappa shape index (κ1) is 33.7. The van der Waals surface area contributed by atoms with Gasteiger partial charge in [-0.2, -0.15) is 0 Å². The summed E-state index contributed by atoms with van der Waals surface area (Å²) in [7, 11) is 0. The van der Waals surface area contributed by atoms with E-state index in [1.807, 2.05) is 0 Å². The molecule has 12 heteroatoms. The van der Waals surface area contributed by atoms with E-state index in [1.54, 1.807) is 62.9 Å². The van der Waals surface area contributed by atoms with E-state index in [0.29, 0.717) is 56.4 Å². The molecular weight excluding hydrogens is 687 g/mol. The molecule has 3 aromatic rings. The fraction of sp³-hybridized carbons (Fsp3) is 0.452. The monoisotopic (exact) mass is 717 g/mol. The van der Waals surface area contributed by atoms with Crippen LogP contribution in [-0.4, -0.2) is 48.0 Å². The highest BCUT2D eigenvalue weighted by atomic mass is 79.9. The first-order chi connectivity index (χ1) is 20.1. The van der Waals surface area contributed by atoms with Gasteiger partial charge in [0.05, 0.1) is 27.7 Å². The zero-order chi connectivity index (χ0) is 31.7. The number of hydrogen-bond acceptors (Lipinski definition) is 5. The first-order valence-electron chi connectivity index (χ1n) is 13.9. The lowest BCUT2D eigenvalue weighted by molar-refractivity contribution is -0.155. The zero-order valence-electron chi connectivity index (χ0n) is 24.3. The summed E-state index contributed by atoms with van der Waals surface area (Å²) in [5.74, 6) is -3.82. The Morgan fingerprint density at radius 3 is 2.53 bits per heavy atom. The molecule has 1 fully saturated rings.